The third-order valence-electron chi connectivity index (χ3n) is 5.19. The van der Waals surface area contributed by atoms with Crippen LogP contribution in [-0.2, 0) is 10.2 Å². The van der Waals surface area contributed by atoms with E-state index in [4.69, 9.17) is 0 Å². The van der Waals surface area contributed by atoms with Crippen LogP contribution in [0.3, 0.4) is 0 Å². The lowest BCUT2D eigenvalue weighted by Gasteiger charge is -2.16. The first-order chi connectivity index (χ1) is 13.2. The molecule has 5 rings (SSSR count). The third-order valence-corrected chi connectivity index (χ3v) is 5.19. The van der Waals surface area contributed by atoms with Gasteiger partial charge < -0.3 is 5.32 Å². The number of fused-ring (bicyclic) bond motifs is 1. The Labute approximate surface area is 156 Å². The maximum Gasteiger partial charge on any atom is 0.235 e. The SMILES string of the molecule is O=C(Nc1ccc(-c2cn3cccnc3n2)cc1)C1(c2ccccc2)CC1. The molecule has 0 atom stereocenters. The quantitative estimate of drug-likeness (QED) is 0.601. The molecule has 0 spiro atoms. The van der Waals surface area contributed by atoms with Gasteiger partial charge in [-0.1, -0.05) is 42.5 Å². The molecule has 5 heteroatoms. The molecule has 1 fully saturated rings. The molecular formula is C22H18N4O. The lowest BCUT2D eigenvalue weighted by molar-refractivity contribution is -0.118. The van der Waals surface area contributed by atoms with Crippen LogP contribution in [0.2, 0.25) is 0 Å². The molecule has 1 N–H and O–H groups in total. The van der Waals surface area contributed by atoms with Gasteiger partial charge >= 0.3 is 0 Å². The summed E-state index contributed by atoms with van der Waals surface area (Å²) in [6.07, 6.45) is 7.39. The zero-order chi connectivity index (χ0) is 18.3. The largest absolute Gasteiger partial charge is 0.325 e. The maximum absolute atomic E-state index is 12.8. The van der Waals surface area contributed by atoms with E-state index < -0.39 is 0 Å². The number of hydrogen-bond donors (Lipinski definition) is 1. The lowest BCUT2D eigenvalue weighted by atomic mass is 9.95. The van der Waals surface area contributed by atoms with Crippen molar-refractivity contribution >= 4 is 17.4 Å². The lowest BCUT2D eigenvalue weighted by Crippen LogP contribution is -2.27. The number of anilines is 1. The summed E-state index contributed by atoms with van der Waals surface area (Å²) >= 11 is 0. The molecule has 1 aliphatic rings. The molecule has 1 saturated carbocycles. The molecule has 0 saturated heterocycles. The number of carbonyl (C=O) groups excluding carboxylic acids is 1. The number of nitrogens with one attached hydrogen (secondary N) is 1. The van der Waals surface area contributed by atoms with E-state index >= 15 is 0 Å². The minimum absolute atomic E-state index is 0.0679. The molecule has 0 radical (unpaired) electrons. The van der Waals surface area contributed by atoms with E-state index in [1.54, 1.807) is 6.20 Å². The summed E-state index contributed by atoms with van der Waals surface area (Å²) in [5.74, 6) is 0.738. The van der Waals surface area contributed by atoms with E-state index in [1.165, 1.54) is 0 Å². The van der Waals surface area contributed by atoms with Crippen molar-refractivity contribution in [1.29, 1.82) is 0 Å². The smallest absolute Gasteiger partial charge is 0.235 e. The van der Waals surface area contributed by atoms with E-state index in [0.29, 0.717) is 5.78 Å². The van der Waals surface area contributed by atoms with Gasteiger partial charge in [0.15, 0.2) is 0 Å². The summed E-state index contributed by atoms with van der Waals surface area (Å²) in [5.41, 5.74) is 3.37. The summed E-state index contributed by atoms with van der Waals surface area (Å²) in [5, 5.41) is 3.07. The highest BCUT2D eigenvalue weighted by Gasteiger charge is 2.51. The minimum Gasteiger partial charge on any atom is -0.325 e. The van der Waals surface area contributed by atoms with Crippen molar-refractivity contribution in [2.75, 3.05) is 5.32 Å². The molecule has 0 aliphatic heterocycles. The molecule has 0 unspecified atom stereocenters. The maximum atomic E-state index is 12.8. The Bertz CT molecular complexity index is 1080. The highest BCUT2D eigenvalue weighted by atomic mass is 16.2. The first kappa shape index (κ1) is 15.8. The topological polar surface area (TPSA) is 59.3 Å². The molecule has 27 heavy (non-hydrogen) atoms. The van der Waals surface area contributed by atoms with Crippen molar-refractivity contribution < 1.29 is 4.79 Å². The Morgan fingerprint density at radius 1 is 1.00 bits per heavy atom. The van der Waals surface area contributed by atoms with Gasteiger partial charge in [0, 0.05) is 29.8 Å². The van der Waals surface area contributed by atoms with E-state index in [0.717, 1.165) is 35.3 Å². The highest BCUT2D eigenvalue weighted by molar-refractivity contribution is 6.01. The van der Waals surface area contributed by atoms with Crippen molar-refractivity contribution in [1.82, 2.24) is 14.4 Å². The first-order valence-corrected chi connectivity index (χ1v) is 9.02. The second-order valence-corrected chi connectivity index (χ2v) is 6.93. The van der Waals surface area contributed by atoms with E-state index in [2.05, 4.69) is 15.3 Å². The van der Waals surface area contributed by atoms with E-state index in [9.17, 15) is 4.79 Å². The van der Waals surface area contributed by atoms with Crippen molar-refractivity contribution in [3.05, 3.63) is 84.8 Å². The molecule has 4 aromatic rings. The van der Waals surface area contributed by atoms with Gasteiger partial charge in [-0.05, 0) is 36.6 Å². The number of carbonyl (C=O) groups is 1. The van der Waals surface area contributed by atoms with E-state index in [-0.39, 0.29) is 11.3 Å². The average molecular weight is 354 g/mol. The molecular weight excluding hydrogens is 336 g/mol. The van der Waals surface area contributed by atoms with Crippen LogP contribution >= 0.6 is 0 Å². The molecule has 2 aromatic heterocycles. The second-order valence-electron chi connectivity index (χ2n) is 6.93. The van der Waals surface area contributed by atoms with Crippen molar-refractivity contribution in [3.63, 3.8) is 0 Å². The summed E-state index contributed by atoms with van der Waals surface area (Å²) in [4.78, 5) is 21.6. The van der Waals surface area contributed by atoms with Gasteiger partial charge in [-0.2, -0.15) is 0 Å². The number of hydrogen-bond acceptors (Lipinski definition) is 3. The van der Waals surface area contributed by atoms with Crippen molar-refractivity contribution in [2.24, 2.45) is 0 Å². The van der Waals surface area contributed by atoms with Crippen LogP contribution in [0.15, 0.2) is 79.3 Å². The van der Waals surface area contributed by atoms with Gasteiger partial charge in [0.2, 0.25) is 11.7 Å². The standard InChI is InChI=1S/C22H18N4O/c27-20(22(11-12-22)17-5-2-1-3-6-17)24-18-9-7-16(8-10-18)19-15-26-14-4-13-23-21(26)25-19/h1-10,13-15H,11-12H2,(H,24,27). The minimum atomic E-state index is -0.368. The van der Waals surface area contributed by atoms with Crippen LogP contribution in [0.1, 0.15) is 18.4 Å². The number of aromatic nitrogens is 3. The fourth-order valence-corrected chi connectivity index (χ4v) is 3.47. The molecule has 132 valence electrons. The van der Waals surface area contributed by atoms with Gasteiger partial charge in [-0.25, -0.2) is 9.97 Å². The van der Waals surface area contributed by atoms with Crippen molar-refractivity contribution in [2.45, 2.75) is 18.3 Å². The number of rotatable bonds is 4. The zero-order valence-electron chi connectivity index (χ0n) is 14.7. The normalized spacial score (nSPS) is 14.8. The van der Waals surface area contributed by atoms with Gasteiger partial charge in [0.05, 0.1) is 11.1 Å². The average Bonchev–Trinajstić information content (AvgIpc) is 3.42. The van der Waals surface area contributed by atoms with Gasteiger partial charge in [0.25, 0.3) is 0 Å². The summed E-state index contributed by atoms with van der Waals surface area (Å²) in [7, 11) is 0. The number of imidazole rings is 1. The number of nitrogens with zero attached hydrogens (tertiary/aromatic N) is 3. The monoisotopic (exact) mass is 354 g/mol. The predicted octanol–water partition coefficient (Wildman–Crippen LogP) is 4.07. The Hall–Kier alpha value is -3.47. The van der Waals surface area contributed by atoms with Crippen LogP contribution in [0.4, 0.5) is 5.69 Å². The molecule has 2 aromatic carbocycles. The predicted molar refractivity (Wildman–Crippen MR) is 104 cm³/mol. The highest BCUT2D eigenvalue weighted by Crippen LogP contribution is 2.48. The fourth-order valence-electron chi connectivity index (χ4n) is 3.47. The fraction of sp³-hybridized carbons (Fsp3) is 0.136. The first-order valence-electron chi connectivity index (χ1n) is 9.02. The Balaban J connectivity index is 1.36. The van der Waals surface area contributed by atoms with Gasteiger partial charge in [-0.3, -0.25) is 9.20 Å². The molecule has 0 bridgehead atoms. The third kappa shape index (κ3) is 2.77. The summed E-state index contributed by atoms with van der Waals surface area (Å²) in [6.45, 7) is 0. The Kier molecular flexibility index (Phi) is 3.53. The molecule has 1 aliphatic carbocycles. The van der Waals surface area contributed by atoms with Crippen LogP contribution in [0.25, 0.3) is 17.0 Å². The zero-order valence-corrected chi connectivity index (χ0v) is 14.7. The van der Waals surface area contributed by atoms with Crippen molar-refractivity contribution in [3.8, 4) is 11.3 Å². The Morgan fingerprint density at radius 3 is 2.48 bits per heavy atom. The molecule has 2 heterocycles. The Morgan fingerprint density at radius 2 is 1.78 bits per heavy atom. The van der Waals surface area contributed by atoms with Crippen LogP contribution < -0.4 is 5.32 Å². The van der Waals surface area contributed by atoms with Crippen LogP contribution in [-0.4, -0.2) is 20.3 Å². The van der Waals surface area contributed by atoms with Crippen LogP contribution in [0.5, 0.6) is 0 Å². The summed E-state index contributed by atoms with van der Waals surface area (Å²) in [6, 6.07) is 19.7. The van der Waals surface area contributed by atoms with E-state index in [1.807, 2.05) is 77.5 Å². The molecule has 5 nitrogen and oxygen atoms in total. The second kappa shape index (κ2) is 6.06. The molecule has 1 amide bonds. The van der Waals surface area contributed by atoms with Gasteiger partial charge in [-0.15, -0.1) is 0 Å². The number of benzene rings is 2. The summed E-state index contributed by atoms with van der Waals surface area (Å²) < 4.78 is 1.89. The number of amides is 1. The van der Waals surface area contributed by atoms with Crippen LogP contribution in [0, 0.1) is 0 Å². The van der Waals surface area contributed by atoms with Gasteiger partial charge in [0.1, 0.15) is 0 Å².